The zero-order chi connectivity index (χ0) is 22.4. The first-order chi connectivity index (χ1) is 14.9. The largest absolute Gasteiger partial charge is 0.490 e. The number of amides is 1. The van der Waals surface area contributed by atoms with Gasteiger partial charge in [-0.25, -0.2) is 0 Å². The molecular formula is C24H27N3O4. The smallest absolute Gasteiger partial charge is 0.218 e. The van der Waals surface area contributed by atoms with Crippen LogP contribution in [0.3, 0.4) is 0 Å². The van der Waals surface area contributed by atoms with E-state index in [-0.39, 0.29) is 12.2 Å². The van der Waals surface area contributed by atoms with Crippen LogP contribution in [0.5, 0.6) is 11.5 Å². The predicted octanol–water partition coefficient (Wildman–Crippen LogP) is 3.63. The Bertz CT molecular complexity index is 1070. The van der Waals surface area contributed by atoms with E-state index in [9.17, 15) is 9.59 Å². The van der Waals surface area contributed by atoms with Crippen molar-refractivity contribution in [1.82, 2.24) is 4.98 Å². The zero-order valence-corrected chi connectivity index (χ0v) is 17.7. The third kappa shape index (κ3) is 5.06. The maximum Gasteiger partial charge on any atom is 0.218 e. The van der Waals surface area contributed by atoms with Crippen molar-refractivity contribution in [3.63, 3.8) is 0 Å². The summed E-state index contributed by atoms with van der Waals surface area (Å²) in [6, 6.07) is 14.0. The number of carbonyl (C=O) groups excluding carboxylic acids is 2. The molecule has 3 rings (SSSR count). The van der Waals surface area contributed by atoms with Gasteiger partial charge >= 0.3 is 0 Å². The number of hydrogen-bond donors (Lipinski definition) is 3. The van der Waals surface area contributed by atoms with Gasteiger partial charge in [0.15, 0.2) is 17.3 Å². The van der Waals surface area contributed by atoms with Gasteiger partial charge in [0, 0.05) is 41.0 Å². The van der Waals surface area contributed by atoms with Gasteiger partial charge in [-0.15, -0.1) is 0 Å². The Morgan fingerprint density at radius 3 is 2.42 bits per heavy atom. The molecule has 0 radical (unpaired) electrons. The molecule has 0 aliphatic rings. The quantitative estimate of drug-likeness (QED) is 0.341. The second-order valence-corrected chi connectivity index (χ2v) is 7.05. The highest BCUT2D eigenvalue weighted by atomic mass is 16.5. The summed E-state index contributed by atoms with van der Waals surface area (Å²) in [5, 5.41) is 0. The number of carbonyl (C=O) groups is 2. The SMILES string of the molecule is CCOc1ccc(C(CC(N)=O)c2[nH]ccc2C(=O)c2cccc(N)c2)cc1OCC. The van der Waals surface area contributed by atoms with E-state index in [0.717, 1.165) is 5.56 Å². The van der Waals surface area contributed by atoms with Gasteiger partial charge < -0.3 is 25.9 Å². The highest BCUT2D eigenvalue weighted by Crippen LogP contribution is 2.36. The van der Waals surface area contributed by atoms with Crippen molar-refractivity contribution in [2.24, 2.45) is 5.73 Å². The van der Waals surface area contributed by atoms with Gasteiger partial charge in [0.25, 0.3) is 0 Å². The fraction of sp³-hybridized carbons (Fsp3) is 0.250. The van der Waals surface area contributed by atoms with Crippen molar-refractivity contribution in [2.45, 2.75) is 26.2 Å². The van der Waals surface area contributed by atoms with Crippen molar-refractivity contribution < 1.29 is 19.1 Å². The van der Waals surface area contributed by atoms with E-state index >= 15 is 0 Å². The highest BCUT2D eigenvalue weighted by molar-refractivity contribution is 6.10. The summed E-state index contributed by atoms with van der Waals surface area (Å²) >= 11 is 0. The number of nitrogen functional groups attached to an aromatic ring is 1. The highest BCUT2D eigenvalue weighted by Gasteiger charge is 2.26. The maximum atomic E-state index is 13.2. The summed E-state index contributed by atoms with van der Waals surface area (Å²) in [5.41, 5.74) is 14.2. The summed E-state index contributed by atoms with van der Waals surface area (Å²) in [7, 11) is 0. The molecule has 0 aliphatic carbocycles. The van der Waals surface area contributed by atoms with Gasteiger partial charge in [0.05, 0.1) is 13.2 Å². The number of hydrogen-bond acceptors (Lipinski definition) is 5. The molecule has 1 heterocycles. The number of nitrogens with two attached hydrogens (primary N) is 2. The Morgan fingerprint density at radius 2 is 1.74 bits per heavy atom. The molecule has 7 nitrogen and oxygen atoms in total. The third-order valence-corrected chi connectivity index (χ3v) is 4.90. The summed E-state index contributed by atoms with van der Waals surface area (Å²) in [5.74, 6) is 0.0743. The maximum absolute atomic E-state index is 13.2. The van der Waals surface area contributed by atoms with Crippen molar-refractivity contribution >= 4 is 17.4 Å². The summed E-state index contributed by atoms with van der Waals surface area (Å²) in [6.07, 6.45) is 1.71. The van der Waals surface area contributed by atoms with Crippen molar-refractivity contribution in [3.05, 3.63) is 77.1 Å². The van der Waals surface area contributed by atoms with E-state index in [1.165, 1.54) is 0 Å². The number of primary amides is 1. The van der Waals surface area contributed by atoms with E-state index in [0.29, 0.717) is 47.2 Å². The number of aromatic amines is 1. The van der Waals surface area contributed by atoms with Gasteiger partial charge in [0.1, 0.15) is 0 Å². The van der Waals surface area contributed by atoms with Gasteiger partial charge in [0.2, 0.25) is 5.91 Å². The Hall–Kier alpha value is -3.74. The minimum absolute atomic E-state index is 0.0251. The lowest BCUT2D eigenvalue weighted by molar-refractivity contribution is -0.118. The van der Waals surface area contributed by atoms with Crippen molar-refractivity contribution in [3.8, 4) is 11.5 Å². The number of ether oxygens (including phenoxy) is 2. The monoisotopic (exact) mass is 421 g/mol. The fourth-order valence-corrected chi connectivity index (χ4v) is 3.58. The average molecular weight is 421 g/mol. The fourth-order valence-electron chi connectivity index (χ4n) is 3.58. The molecule has 1 unspecified atom stereocenters. The first-order valence-electron chi connectivity index (χ1n) is 10.2. The third-order valence-electron chi connectivity index (χ3n) is 4.90. The minimum atomic E-state index is -0.478. The molecule has 0 fully saturated rings. The van der Waals surface area contributed by atoms with Crippen LogP contribution < -0.4 is 20.9 Å². The first kappa shape index (κ1) is 22.0. The predicted molar refractivity (Wildman–Crippen MR) is 120 cm³/mol. The van der Waals surface area contributed by atoms with Crippen LogP contribution in [0, 0.1) is 0 Å². The molecule has 0 spiro atoms. The summed E-state index contributed by atoms with van der Waals surface area (Å²) in [6.45, 7) is 4.74. The molecule has 5 N–H and O–H groups in total. The van der Waals surface area contributed by atoms with Crippen molar-refractivity contribution in [1.29, 1.82) is 0 Å². The number of ketones is 1. The van der Waals surface area contributed by atoms with E-state index in [1.54, 1.807) is 42.6 Å². The van der Waals surface area contributed by atoms with Crippen LogP contribution in [0.15, 0.2) is 54.7 Å². The number of aromatic nitrogens is 1. The molecule has 1 atom stereocenters. The molecule has 31 heavy (non-hydrogen) atoms. The first-order valence-corrected chi connectivity index (χ1v) is 10.2. The normalized spacial score (nSPS) is 11.7. The number of anilines is 1. The van der Waals surface area contributed by atoms with Crippen LogP contribution in [0.1, 0.15) is 53.4 Å². The molecule has 0 aliphatic heterocycles. The lowest BCUT2D eigenvalue weighted by atomic mass is 9.88. The summed E-state index contributed by atoms with van der Waals surface area (Å²) in [4.78, 5) is 28.2. The number of rotatable bonds is 10. The molecule has 1 amide bonds. The molecule has 0 saturated heterocycles. The molecule has 0 saturated carbocycles. The lowest BCUT2D eigenvalue weighted by Gasteiger charge is -2.19. The molecular weight excluding hydrogens is 394 g/mol. The summed E-state index contributed by atoms with van der Waals surface area (Å²) < 4.78 is 11.4. The molecule has 1 aromatic heterocycles. The Balaban J connectivity index is 2.05. The number of H-pyrrole nitrogens is 1. The second-order valence-electron chi connectivity index (χ2n) is 7.05. The Labute approximate surface area is 181 Å². The van der Waals surface area contributed by atoms with E-state index in [4.69, 9.17) is 20.9 Å². The van der Waals surface area contributed by atoms with E-state index < -0.39 is 11.8 Å². The standard InChI is InChI=1S/C24H27N3O4/c1-3-30-20-9-8-15(13-21(20)31-4-2)19(14-22(26)28)23-18(10-11-27-23)24(29)16-6-5-7-17(25)12-16/h5-13,19,27H,3-4,14,25H2,1-2H3,(H2,26,28). The Morgan fingerprint density at radius 1 is 1.00 bits per heavy atom. The topological polar surface area (TPSA) is 120 Å². The molecule has 0 bridgehead atoms. The van der Waals surface area contributed by atoms with Gasteiger partial charge in [-0.05, 0) is 49.7 Å². The van der Waals surface area contributed by atoms with Crippen LogP contribution in [0.2, 0.25) is 0 Å². The second kappa shape index (κ2) is 9.84. The van der Waals surface area contributed by atoms with Gasteiger partial charge in [-0.3, -0.25) is 9.59 Å². The molecule has 3 aromatic rings. The van der Waals surface area contributed by atoms with E-state index in [1.807, 2.05) is 26.0 Å². The molecule has 2 aromatic carbocycles. The van der Waals surface area contributed by atoms with Crippen molar-refractivity contribution in [2.75, 3.05) is 18.9 Å². The van der Waals surface area contributed by atoms with Crippen LogP contribution in [0.25, 0.3) is 0 Å². The van der Waals surface area contributed by atoms with Crippen LogP contribution in [-0.2, 0) is 4.79 Å². The molecule has 162 valence electrons. The number of benzene rings is 2. The minimum Gasteiger partial charge on any atom is -0.490 e. The van der Waals surface area contributed by atoms with Crippen LogP contribution in [0.4, 0.5) is 5.69 Å². The van der Waals surface area contributed by atoms with Gasteiger partial charge in [-0.1, -0.05) is 18.2 Å². The van der Waals surface area contributed by atoms with Crippen LogP contribution >= 0.6 is 0 Å². The Kier molecular flexibility index (Phi) is 6.97. The average Bonchev–Trinajstić information content (AvgIpc) is 3.22. The zero-order valence-electron chi connectivity index (χ0n) is 17.7. The van der Waals surface area contributed by atoms with E-state index in [2.05, 4.69) is 4.98 Å². The van der Waals surface area contributed by atoms with Crippen LogP contribution in [-0.4, -0.2) is 29.9 Å². The lowest BCUT2D eigenvalue weighted by Crippen LogP contribution is -2.18. The van der Waals surface area contributed by atoms with Gasteiger partial charge in [-0.2, -0.15) is 0 Å². The molecule has 7 heteroatoms. The number of nitrogens with one attached hydrogen (secondary N) is 1.